The molecule has 0 bridgehead atoms. The van der Waals surface area contributed by atoms with Crippen molar-refractivity contribution in [3.8, 4) is 0 Å². The summed E-state index contributed by atoms with van der Waals surface area (Å²) in [4.78, 5) is 0. The number of aliphatic hydroxyl groups excluding tert-OH is 3. The first-order valence-corrected chi connectivity index (χ1v) is 5.93. The minimum Gasteiger partial charge on any atom is -0.394 e. The van der Waals surface area contributed by atoms with Crippen LogP contribution in [0.15, 0.2) is 18.2 Å². The first-order valence-electron chi connectivity index (χ1n) is 5.17. The monoisotopic (exact) mass is 279 g/mol. The van der Waals surface area contributed by atoms with E-state index in [-0.39, 0.29) is 19.7 Å². The largest absolute Gasteiger partial charge is 0.394 e. The zero-order valence-electron chi connectivity index (χ0n) is 9.11. The van der Waals surface area contributed by atoms with Crippen LogP contribution >= 0.6 is 23.2 Å². The first kappa shape index (κ1) is 14.7. The van der Waals surface area contributed by atoms with Gasteiger partial charge >= 0.3 is 0 Å². The van der Waals surface area contributed by atoms with Gasteiger partial charge in [-0.3, -0.25) is 0 Å². The van der Waals surface area contributed by atoms with E-state index in [1.807, 2.05) is 0 Å². The molecule has 0 aliphatic heterocycles. The Bertz CT molecular complexity index is 363. The van der Waals surface area contributed by atoms with Crippen LogP contribution in [0.2, 0.25) is 10.0 Å². The van der Waals surface area contributed by atoms with E-state index in [0.29, 0.717) is 15.6 Å². The zero-order chi connectivity index (χ0) is 12.8. The SMILES string of the molecule is OCC(O)CNCC(O)c1cc(Cl)ccc1Cl. The average molecular weight is 280 g/mol. The predicted molar refractivity (Wildman–Crippen MR) is 67.4 cm³/mol. The van der Waals surface area contributed by atoms with E-state index in [4.69, 9.17) is 33.4 Å². The molecule has 0 fully saturated rings. The average Bonchev–Trinajstić information content (AvgIpc) is 2.31. The van der Waals surface area contributed by atoms with Crippen LogP contribution in [-0.4, -0.2) is 41.1 Å². The van der Waals surface area contributed by atoms with Crippen LogP contribution in [-0.2, 0) is 0 Å². The number of hydrogen-bond acceptors (Lipinski definition) is 4. The van der Waals surface area contributed by atoms with Crippen molar-refractivity contribution >= 4 is 23.2 Å². The second kappa shape index (κ2) is 7.16. The minimum atomic E-state index is -0.836. The molecule has 4 nitrogen and oxygen atoms in total. The number of aliphatic hydroxyl groups is 3. The summed E-state index contributed by atoms with van der Waals surface area (Å²) in [6.07, 6.45) is -1.65. The lowest BCUT2D eigenvalue weighted by atomic mass is 10.1. The summed E-state index contributed by atoms with van der Waals surface area (Å²) in [6, 6.07) is 4.85. The van der Waals surface area contributed by atoms with Gasteiger partial charge in [-0.25, -0.2) is 0 Å². The van der Waals surface area contributed by atoms with Gasteiger partial charge in [-0.15, -0.1) is 0 Å². The Morgan fingerprint density at radius 1 is 1.18 bits per heavy atom. The van der Waals surface area contributed by atoms with Gasteiger partial charge in [0.2, 0.25) is 0 Å². The maximum Gasteiger partial charge on any atom is 0.0929 e. The van der Waals surface area contributed by atoms with Gasteiger partial charge in [0.15, 0.2) is 0 Å². The molecule has 1 rings (SSSR count). The van der Waals surface area contributed by atoms with Gasteiger partial charge in [-0.05, 0) is 18.2 Å². The van der Waals surface area contributed by atoms with Gasteiger partial charge in [0.1, 0.15) is 0 Å². The number of hydrogen-bond donors (Lipinski definition) is 4. The molecule has 17 heavy (non-hydrogen) atoms. The molecular weight excluding hydrogens is 265 g/mol. The molecule has 1 aromatic carbocycles. The fourth-order valence-electron chi connectivity index (χ4n) is 1.33. The maximum atomic E-state index is 9.86. The van der Waals surface area contributed by atoms with Crippen molar-refractivity contribution in [2.45, 2.75) is 12.2 Å². The zero-order valence-corrected chi connectivity index (χ0v) is 10.6. The number of rotatable bonds is 6. The topological polar surface area (TPSA) is 72.7 Å². The number of nitrogens with one attached hydrogen (secondary N) is 1. The summed E-state index contributed by atoms with van der Waals surface area (Å²) < 4.78 is 0. The van der Waals surface area contributed by atoms with Crippen molar-refractivity contribution in [2.24, 2.45) is 0 Å². The van der Waals surface area contributed by atoms with Crippen LogP contribution in [0.3, 0.4) is 0 Å². The van der Waals surface area contributed by atoms with Crippen molar-refractivity contribution in [2.75, 3.05) is 19.7 Å². The Balaban J connectivity index is 2.52. The van der Waals surface area contributed by atoms with Crippen LogP contribution in [0.25, 0.3) is 0 Å². The Hall–Kier alpha value is -0.360. The third-order valence-corrected chi connectivity index (χ3v) is 2.82. The highest BCUT2D eigenvalue weighted by atomic mass is 35.5. The Labute approximate surface area is 110 Å². The highest BCUT2D eigenvalue weighted by molar-refractivity contribution is 6.33. The second-order valence-corrected chi connectivity index (χ2v) is 4.52. The quantitative estimate of drug-likeness (QED) is 0.626. The maximum absolute atomic E-state index is 9.86. The van der Waals surface area contributed by atoms with Crippen LogP contribution in [0.4, 0.5) is 0 Å². The summed E-state index contributed by atoms with van der Waals surface area (Å²) in [5, 5.41) is 31.3. The summed E-state index contributed by atoms with van der Waals surface area (Å²) in [5.74, 6) is 0. The molecule has 0 aromatic heterocycles. The van der Waals surface area contributed by atoms with Crippen LogP contribution < -0.4 is 5.32 Å². The van der Waals surface area contributed by atoms with Gasteiger partial charge in [0.05, 0.1) is 18.8 Å². The molecule has 96 valence electrons. The van der Waals surface area contributed by atoms with E-state index in [0.717, 1.165) is 0 Å². The molecule has 0 amide bonds. The summed E-state index contributed by atoms with van der Waals surface area (Å²) >= 11 is 11.7. The third-order valence-electron chi connectivity index (χ3n) is 2.25. The molecule has 0 radical (unpaired) electrons. The summed E-state index contributed by atoms with van der Waals surface area (Å²) in [5.41, 5.74) is 0.533. The lowest BCUT2D eigenvalue weighted by molar-refractivity contribution is 0.0891. The molecular formula is C11H15Cl2NO3. The van der Waals surface area contributed by atoms with E-state index < -0.39 is 12.2 Å². The van der Waals surface area contributed by atoms with Crippen molar-refractivity contribution in [3.05, 3.63) is 33.8 Å². The second-order valence-electron chi connectivity index (χ2n) is 3.68. The van der Waals surface area contributed by atoms with Gasteiger partial charge in [0.25, 0.3) is 0 Å². The normalized spacial score (nSPS) is 14.6. The summed E-state index contributed by atoms with van der Waals surface area (Å²) in [7, 11) is 0. The first-order chi connectivity index (χ1) is 8.04. The van der Waals surface area contributed by atoms with Crippen LogP contribution in [0, 0.1) is 0 Å². The fourth-order valence-corrected chi connectivity index (χ4v) is 1.76. The predicted octanol–water partition coefficient (Wildman–Crippen LogP) is 0.970. The van der Waals surface area contributed by atoms with Crippen molar-refractivity contribution in [1.82, 2.24) is 5.32 Å². The van der Waals surface area contributed by atoms with Crippen molar-refractivity contribution < 1.29 is 15.3 Å². The fraction of sp³-hybridized carbons (Fsp3) is 0.455. The Morgan fingerprint density at radius 2 is 1.88 bits per heavy atom. The van der Waals surface area contributed by atoms with Gasteiger partial charge in [-0.2, -0.15) is 0 Å². The lowest BCUT2D eigenvalue weighted by Gasteiger charge is -2.15. The molecule has 6 heteroatoms. The van der Waals surface area contributed by atoms with E-state index in [9.17, 15) is 5.11 Å². The highest BCUT2D eigenvalue weighted by Gasteiger charge is 2.12. The van der Waals surface area contributed by atoms with E-state index in [2.05, 4.69) is 5.32 Å². The molecule has 1 aromatic rings. The standard InChI is InChI=1S/C11H15Cl2NO3/c12-7-1-2-10(13)9(3-7)11(17)5-14-4-8(16)6-15/h1-3,8,11,14-17H,4-6H2. The smallest absolute Gasteiger partial charge is 0.0929 e. The molecule has 0 saturated carbocycles. The van der Waals surface area contributed by atoms with E-state index in [1.54, 1.807) is 18.2 Å². The Kier molecular flexibility index (Phi) is 6.19. The van der Waals surface area contributed by atoms with Crippen LogP contribution in [0.5, 0.6) is 0 Å². The molecule has 0 aliphatic rings. The van der Waals surface area contributed by atoms with Crippen LogP contribution in [0.1, 0.15) is 11.7 Å². The molecule has 2 unspecified atom stereocenters. The molecule has 0 saturated heterocycles. The van der Waals surface area contributed by atoms with Crippen molar-refractivity contribution in [3.63, 3.8) is 0 Å². The van der Waals surface area contributed by atoms with Crippen molar-refractivity contribution in [1.29, 1.82) is 0 Å². The van der Waals surface area contributed by atoms with Gasteiger partial charge < -0.3 is 20.6 Å². The van der Waals surface area contributed by atoms with E-state index in [1.165, 1.54) is 0 Å². The third kappa shape index (κ3) is 4.79. The lowest BCUT2D eigenvalue weighted by Crippen LogP contribution is -2.32. The molecule has 0 spiro atoms. The van der Waals surface area contributed by atoms with Gasteiger partial charge in [0, 0.05) is 28.7 Å². The molecule has 0 heterocycles. The molecule has 4 N–H and O–H groups in total. The highest BCUT2D eigenvalue weighted by Crippen LogP contribution is 2.25. The molecule has 2 atom stereocenters. The Morgan fingerprint density at radius 3 is 2.53 bits per heavy atom. The molecule has 0 aliphatic carbocycles. The minimum absolute atomic E-state index is 0.200. The number of benzene rings is 1. The van der Waals surface area contributed by atoms with E-state index >= 15 is 0 Å². The summed E-state index contributed by atoms with van der Waals surface area (Å²) in [6.45, 7) is 0.101. The number of halogens is 2. The van der Waals surface area contributed by atoms with Gasteiger partial charge in [-0.1, -0.05) is 23.2 Å².